The van der Waals surface area contributed by atoms with Gasteiger partial charge >= 0.3 is 0 Å². The number of halogens is 1. The van der Waals surface area contributed by atoms with Gasteiger partial charge in [-0.3, -0.25) is 0 Å². The third-order valence-corrected chi connectivity index (χ3v) is 3.93. The van der Waals surface area contributed by atoms with E-state index >= 15 is 0 Å². The van der Waals surface area contributed by atoms with E-state index in [1.165, 1.54) is 19.3 Å². The Hall–Kier alpha value is -1.55. The molecule has 0 unspecified atom stereocenters. The van der Waals surface area contributed by atoms with Crippen molar-refractivity contribution in [2.75, 3.05) is 0 Å². The van der Waals surface area contributed by atoms with Crippen molar-refractivity contribution in [1.29, 1.82) is 0 Å². The Labute approximate surface area is 123 Å². The average molecular weight is 292 g/mol. The molecule has 0 saturated heterocycles. The van der Waals surface area contributed by atoms with Crippen LogP contribution in [0.25, 0.3) is 0 Å². The zero-order chi connectivity index (χ0) is 13.9. The van der Waals surface area contributed by atoms with Gasteiger partial charge in [-0.1, -0.05) is 24.1 Å². The minimum atomic E-state index is 0.439. The number of ether oxygens (including phenoxy) is 1. The van der Waals surface area contributed by atoms with Crippen molar-refractivity contribution in [2.45, 2.75) is 45.8 Å². The van der Waals surface area contributed by atoms with Crippen LogP contribution < -0.4 is 4.74 Å². The standard InChI is InChI=1S/C15H18ClN3O/c1-11-6-7-12(16)9-13(11)20-10-15-18-17-14-5-3-2-4-8-19(14)15/h6-7,9H,2-5,8,10H2,1H3. The summed E-state index contributed by atoms with van der Waals surface area (Å²) in [4.78, 5) is 0. The number of hydrogen-bond acceptors (Lipinski definition) is 3. The van der Waals surface area contributed by atoms with Gasteiger partial charge in [-0.2, -0.15) is 0 Å². The van der Waals surface area contributed by atoms with E-state index in [4.69, 9.17) is 16.3 Å². The first-order valence-corrected chi connectivity index (χ1v) is 7.42. The molecule has 1 aromatic heterocycles. The van der Waals surface area contributed by atoms with Crippen LogP contribution in [0, 0.1) is 6.92 Å². The van der Waals surface area contributed by atoms with Crippen LogP contribution in [0.5, 0.6) is 5.75 Å². The lowest BCUT2D eigenvalue weighted by Gasteiger charge is -2.10. The van der Waals surface area contributed by atoms with Gasteiger partial charge in [-0.15, -0.1) is 10.2 Å². The number of aromatic nitrogens is 3. The molecule has 0 spiro atoms. The molecule has 0 atom stereocenters. The van der Waals surface area contributed by atoms with E-state index in [1.54, 1.807) is 0 Å². The van der Waals surface area contributed by atoms with Gasteiger partial charge in [-0.05, 0) is 37.5 Å². The lowest BCUT2D eigenvalue weighted by molar-refractivity contribution is 0.286. The molecular formula is C15H18ClN3O. The predicted octanol–water partition coefficient (Wildman–Crippen LogP) is 3.55. The van der Waals surface area contributed by atoms with Crippen LogP contribution in [0.3, 0.4) is 0 Å². The average Bonchev–Trinajstić information content (AvgIpc) is 2.68. The van der Waals surface area contributed by atoms with Crippen LogP contribution in [0.4, 0.5) is 0 Å². The van der Waals surface area contributed by atoms with Crippen molar-refractivity contribution in [3.05, 3.63) is 40.4 Å². The van der Waals surface area contributed by atoms with Crippen molar-refractivity contribution < 1.29 is 4.74 Å². The van der Waals surface area contributed by atoms with E-state index in [0.717, 1.165) is 35.9 Å². The molecule has 0 N–H and O–H groups in total. The summed E-state index contributed by atoms with van der Waals surface area (Å²) < 4.78 is 8.06. The maximum Gasteiger partial charge on any atom is 0.171 e. The number of nitrogens with zero attached hydrogens (tertiary/aromatic N) is 3. The Morgan fingerprint density at radius 2 is 2.15 bits per heavy atom. The minimum Gasteiger partial charge on any atom is -0.485 e. The highest BCUT2D eigenvalue weighted by Crippen LogP contribution is 2.23. The van der Waals surface area contributed by atoms with Crippen LogP contribution in [0.2, 0.25) is 5.02 Å². The normalized spacial score (nSPS) is 14.7. The van der Waals surface area contributed by atoms with Crippen LogP contribution in [-0.4, -0.2) is 14.8 Å². The summed E-state index contributed by atoms with van der Waals surface area (Å²) in [5.41, 5.74) is 1.07. The van der Waals surface area contributed by atoms with Crippen molar-refractivity contribution in [2.24, 2.45) is 0 Å². The number of aryl methyl sites for hydroxylation is 2. The smallest absolute Gasteiger partial charge is 0.171 e. The number of fused-ring (bicyclic) bond motifs is 1. The molecule has 1 aliphatic rings. The fourth-order valence-corrected chi connectivity index (χ4v) is 2.69. The molecule has 0 radical (unpaired) electrons. The summed E-state index contributed by atoms with van der Waals surface area (Å²) in [5.74, 6) is 2.80. The van der Waals surface area contributed by atoms with Gasteiger partial charge in [0, 0.05) is 18.0 Å². The van der Waals surface area contributed by atoms with E-state index in [9.17, 15) is 0 Å². The topological polar surface area (TPSA) is 39.9 Å². The Morgan fingerprint density at radius 1 is 1.25 bits per heavy atom. The van der Waals surface area contributed by atoms with Gasteiger partial charge in [-0.25, -0.2) is 0 Å². The highest BCUT2D eigenvalue weighted by atomic mass is 35.5. The number of rotatable bonds is 3. The summed E-state index contributed by atoms with van der Waals surface area (Å²) in [7, 11) is 0. The minimum absolute atomic E-state index is 0.439. The second-order valence-electron chi connectivity index (χ2n) is 5.19. The third kappa shape index (κ3) is 2.80. The summed E-state index contributed by atoms with van der Waals surface area (Å²) in [5, 5.41) is 9.22. The van der Waals surface area contributed by atoms with Gasteiger partial charge in [0.2, 0.25) is 0 Å². The largest absolute Gasteiger partial charge is 0.485 e. The van der Waals surface area contributed by atoms with Crippen molar-refractivity contribution in [3.63, 3.8) is 0 Å². The molecule has 2 aromatic rings. The Bertz CT molecular complexity index is 609. The summed E-state index contributed by atoms with van der Waals surface area (Å²) in [6.45, 7) is 3.44. The maximum atomic E-state index is 6.00. The predicted molar refractivity (Wildman–Crippen MR) is 78.1 cm³/mol. The molecule has 0 saturated carbocycles. The number of benzene rings is 1. The van der Waals surface area contributed by atoms with Gasteiger partial charge in [0.15, 0.2) is 5.82 Å². The van der Waals surface area contributed by atoms with E-state index in [2.05, 4.69) is 14.8 Å². The Morgan fingerprint density at radius 3 is 3.05 bits per heavy atom. The molecule has 3 rings (SSSR count). The Balaban J connectivity index is 1.75. The zero-order valence-electron chi connectivity index (χ0n) is 11.6. The van der Waals surface area contributed by atoms with Crippen LogP contribution in [-0.2, 0) is 19.6 Å². The first-order chi connectivity index (χ1) is 9.74. The highest BCUT2D eigenvalue weighted by Gasteiger charge is 2.15. The molecular weight excluding hydrogens is 274 g/mol. The lowest BCUT2D eigenvalue weighted by Crippen LogP contribution is -2.09. The Kier molecular flexibility index (Phi) is 3.92. The lowest BCUT2D eigenvalue weighted by atomic mass is 10.2. The van der Waals surface area contributed by atoms with Gasteiger partial charge in [0.25, 0.3) is 0 Å². The van der Waals surface area contributed by atoms with Gasteiger partial charge in [0.1, 0.15) is 18.2 Å². The molecule has 0 aliphatic carbocycles. The molecule has 2 heterocycles. The molecule has 0 fully saturated rings. The first kappa shape index (κ1) is 13.4. The third-order valence-electron chi connectivity index (χ3n) is 3.69. The summed E-state index contributed by atoms with van der Waals surface area (Å²) in [6.07, 6.45) is 4.67. The first-order valence-electron chi connectivity index (χ1n) is 7.04. The van der Waals surface area contributed by atoms with Crippen molar-refractivity contribution >= 4 is 11.6 Å². The van der Waals surface area contributed by atoms with E-state index in [0.29, 0.717) is 11.6 Å². The second-order valence-corrected chi connectivity index (χ2v) is 5.63. The monoisotopic (exact) mass is 291 g/mol. The van der Waals surface area contributed by atoms with E-state index < -0.39 is 0 Å². The molecule has 4 nitrogen and oxygen atoms in total. The fraction of sp³-hybridized carbons (Fsp3) is 0.467. The van der Waals surface area contributed by atoms with Crippen molar-refractivity contribution in [1.82, 2.24) is 14.8 Å². The summed E-state index contributed by atoms with van der Waals surface area (Å²) >= 11 is 6.00. The molecule has 1 aromatic carbocycles. The fourth-order valence-electron chi connectivity index (χ4n) is 2.52. The molecule has 106 valence electrons. The molecule has 20 heavy (non-hydrogen) atoms. The highest BCUT2D eigenvalue weighted by molar-refractivity contribution is 6.30. The molecule has 5 heteroatoms. The van der Waals surface area contributed by atoms with Crippen LogP contribution in [0.15, 0.2) is 18.2 Å². The zero-order valence-corrected chi connectivity index (χ0v) is 12.4. The summed E-state index contributed by atoms with van der Waals surface area (Å²) in [6, 6.07) is 5.67. The molecule has 0 amide bonds. The van der Waals surface area contributed by atoms with E-state index in [1.807, 2.05) is 25.1 Å². The maximum absolute atomic E-state index is 6.00. The van der Waals surface area contributed by atoms with Crippen LogP contribution >= 0.6 is 11.6 Å². The SMILES string of the molecule is Cc1ccc(Cl)cc1OCc1nnc2n1CCCCC2. The molecule has 0 bridgehead atoms. The quantitative estimate of drug-likeness (QED) is 0.868. The second kappa shape index (κ2) is 5.83. The van der Waals surface area contributed by atoms with Crippen LogP contribution in [0.1, 0.15) is 36.5 Å². The number of hydrogen-bond donors (Lipinski definition) is 0. The van der Waals surface area contributed by atoms with Crippen molar-refractivity contribution in [3.8, 4) is 5.75 Å². The van der Waals surface area contributed by atoms with E-state index in [-0.39, 0.29) is 0 Å². The van der Waals surface area contributed by atoms with Gasteiger partial charge in [0.05, 0.1) is 0 Å². The molecule has 1 aliphatic heterocycles. The van der Waals surface area contributed by atoms with Gasteiger partial charge < -0.3 is 9.30 Å².